The van der Waals surface area contributed by atoms with E-state index in [-0.39, 0.29) is 16.9 Å². The largest absolute Gasteiger partial charge is 0.482 e. The van der Waals surface area contributed by atoms with Gasteiger partial charge in [0, 0.05) is 47.6 Å². The zero-order valence-electron chi connectivity index (χ0n) is 15.0. The van der Waals surface area contributed by atoms with Crippen molar-refractivity contribution in [3.8, 4) is 17.0 Å². The SMILES string of the molecule is CC(Oc1cc(-c2cn3c(n2)CC(N)C3)cnc1N)c1c(Cl)ccc(F)c1Cl. The molecule has 1 aliphatic rings. The summed E-state index contributed by atoms with van der Waals surface area (Å²) in [7, 11) is 0. The first-order valence-electron chi connectivity index (χ1n) is 8.71. The highest BCUT2D eigenvalue weighted by Gasteiger charge is 2.23. The molecule has 0 fully saturated rings. The van der Waals surface area contributed by atoms with Gasteiger partial charge in [0.2, 0.25) is 0 Å². The number of imidazole rings is 1. The summed E-state index contributed by atoms with van der Waals surface area (Å²) in [5.74, 6) is 0.912. The maximum atomic E-state index is 13.8. The van der Waals surface area contributed by atoms with Crippen molar-refractivity contribution in [3.05, 3.63) is 57.8 Å². The minimum Gasteiger partial charge on any atom is -0.482 e. The van der Waals surface area contributed by atoms with E-state index in [2.05, 4.69) is 9.97 Å². The first-order chi connectivity index (χ1) is 13.3. The zero-order valence-corrected chi connectivity index (χ0v) is 16.5. The predicted octanol–water partition coefficient (Wildman–Crippen LogP) is 4.00. The van der Waals surface area contributed by atoms with E-state index in [1.165, 1.54) is 12.1 Å². The Labute approximate surface area is 171 Å². The van der Waals surface area contributed by atoms with Crippen molar-refractivity contribution in [2.45, 2.75) is 32.0 Å². The third-order valence-corrected chi connectivity index (χ3v) is 5.42. The number of fused-ring (bicyclic) bond motifs is 1. The molecule has 146 valence electrons. The third kappa shape index (κ3) is 3.41. The van der Waals surface area contributed by atoms with Crippen LogP contribution in [0.5, 0.6) is 5.75 Å². The van der Waals surface area contributed by atoms with Crippen LogP contribution in [0.25, 0.3) is 11.3 Å². The lowest BCUT2D eigenvalue weighted by molar-refractivity contribution is 0.227. The Morgan fingerprint density at radius 3 is 2.89 bits per heavy atom. The second kappa shape index (κ2) is 7.24. The van der Waals surface area contributed by atoms with Gasteiger partial charge >= 0.3 is 0 Å². The number of rotatable bonds is 4. The van der Waals surface area contributed by atoms with Crippen LogP contribution in [0.15, 0.2) is 30.6 Å². The quantitative estimate of drug-likeness (QED) is 0.621. The lowest BCUT2D eigenvalue weighted by atomic mass is 10.1. The number of anilines is 1. The molecular weight excluding hydrogens is 404 g/mol. The summed E-state index contributed by atoms with van der Waals surface area (Å²) in [4.78, 5) is 8.82. The maximum absolute atomic E-state index is 13.8. The summed E-state index contributed by atoms with van der Waals surface area (Å²) in [5, 5.41) is 0.230. The highest BCUT2D eigenvalue weighted by atomic mass is 35.5. The van der Waals surface area contributed by atoms with E-state index >= 15 is 0 Å². The zero-order chi connectivity index (χ0) is 20.0. The molecule has 4 N–H and O–H groups in total. The van der Waals surface area contributed by atoms with Crippen LogP contribution in [0.3, 0.4) is 0 Å². The number of hydrogen-bond acceptors (Lipinski definition) is 5. The lowest BCUT2D eigenvalue weighted by Crippen LogP contribution is -2.20. The Hall–Kier alpha value is -2.35. The molecular formula is C19H18Cl2FN5O. The Bertz CT molecular complexity index is 1030. The molecule has 28 heavy (non-hydrogen) atoms. The standard InChI is InChI=1S/C19H18Cl2FN5O/c1-9(17-12(20)2-3-13(22)18(17)21)28-15-4-10(6-25-19(15)24)14-8-27-7-11(23)5-16(27)26-14/h2-4,6,8-9,11H,5,7,23H2,1H3,(H2,24,25). The van der Waals surface area contributed by atoms with Crippen LogP contribution >= 0.6 is 23.2 Å². The van der Waals surface area contributed by atoms with E-state index in [0.717, 1.165) is 30.0 Å². The van der Waals surface area contributed by atoms with Gasteiger partial charge in [-0.05, 0) is 25.1 Å². The average molecular weight is 422 g/mol. The molecule has 0 saturated heterocycles. The van der Waals surface area contributed by atoms with Crippen molar-refractivity contribution in [1.82, 2.24) is 14.5 Å². The normalized spacial score (nSPS) is 16.8. The molecule has 2 unspecified atom stereocenters. The first kappa shape index (κ1) is 19.0. The van der Waals surface area contributed by atoms with Gasteiger partial charge in [0.1, 0.15) is 17.7 Å². The van der Waals surface area contributed by atoms with Crippen molar-refractivity contribution in [1.29, 1.82) is 0 Å². The molecule has 6 nitrogen and oxygen atoms in total. The topological polar surface area (TPSA) is 92.0 Å². The van der Waals surface area contributed by atoms with Gasteiger partial charge in [-0.3, -0.25) is 0 Å². The molecule has 4 rings (SSSR count). The number of aromatic nitrogens is 3. The fourth-order valence-electron chi connectivity index (χ4n) is 3.32. The summed E-state index contributed by atoms with van der Waals surface area (Å²) < 4.78 is 21.8. The third-order valence-electron chi connectivity index (χ3n) is 4.70. The summed E-state index contributed by atoms with van der Waals surface area (Å²) in [5.41, 5.74) is 13.8. The number of halogens is 3. The molecule has 0 amide bonds. The van der Waals surface area contributed by atoms with Gasteiger partial charge < -0.3 is 20.8 Å². The predicted molar refractivity (Wildman–Crippen MR) is 107 cm³/mol. The van der Waals surface area contributed by atoms with Gasteiger partial charge in [-0.2, -0.15) is 0 Å². The average Bonchev–Trinajstić information content (AvgIpc) is 3.18. The number of hydrogen-bond donors (Lipinski definition) is 2. The van der Waals surface area contributed by atoms with Crippen molar-refractivity contribution in [2.75, 3.05) is 5.73 Å². The molecule has 0 saturated carbocycles. The first-order valence-corrected chi connectivity index (χ1v) is 9.46. The number of pyridine rings is 1. The van der Waals surface area contributed by atoms with Gasteiger partial charge in [0.05, 0.1) is 10.7 Å². The van der Waals surface area contributed by atoms with E-state index in [9.17, 15) is 4.39 Å². The summed E-state index contributed by atoms with van der Waals surface area (Å²) >= 11 is 12.3. The van der Waals surface area contributed by atoms with Crippen LogP contribution < -0.4 is 16.2 Å². The lowest BCUT2D eigenvalue weighted by Gasteiger charge is -2.19. The highest BCUT2D eigenvalue weighted by Crippen LogP contribution is 2.37. The molecule has 1 aromatic carbocycles. The molecule has 9 heteroatoms. The fourth-order valence-corrected chi connectivity index (χ4v) is 4.00. The molecule has 3 heterocycles. The Balaban J connectivity index is 1.63. The molecule has 0 bridgehead atoms. The Morgan fingerprint density at radius 2 is 2.14 bits per heavy atom. The van der Waals surface area contributed by atoms with Crippen molar-refractivity contribution >= 4 is 29.0 Å². The molecule has 2 atom stereocenters. The summed E-state index contributed by atoms with van der Waals surface area (Å²) in [6.07, 6.45) is 3.66. The summed E-state index contributed by atoms with van der Waals surface area (Å²) in [6.45, 7) is 2.45. The fraction of sp³-hybridized carbons (Fsp3) is 0.263. The van der Waals surface area contributed by atoms with E-state index in [1.807, 2.05) is 10.8 Å². The van der Waals surface area contributed by atoms with Gasteiger partial charge in [0.25, 0.3) is 0 Å². The molecule has 0 aliphatic carbocycles. The van der Waals surface area contributed by atoms with Crippen LogP contribution in [0.2, 0.25) is 10.0 Å². The van der Waals surface area contributed by atoms with Crippen molar-refractivity contribution in [3.63, 3.8) is 0 Å². The monoisotopic (exact) mass is 421 g/mol. The van der Waals surface area contributed by atoms with Crippen molar-refractivity contribution < 1.29 is 9.13 Å². The Kier molecular flexibility index (Phi) is 4.91. The number of benzene rings is 1. The Morgan fingerprint density at radius 1 is 1.36 bits per heavy atom. The van der Waals surface area contributed by atoms with E-state index in [4.69, 9.17) is 39.4 Å². The van der Waals surface area contributed by atoms with Gasteiger partial charge in [-0.15, -0.1) is 0 Å². The van der Waals surface area contributed by atoms with Crippen LogP contribution in [-0.4, -0.2) is 20.6 Å². The minimum atomic E-state index is -0.639. The number of nitrogens with zero attached hydrogens (tertiary/aromatic N) is 3. The second-order valence-corrected chi connectivity index (χ2v) is 7.57. The molecule has 0 spiro atoms. The number of ether oxygens (including phenoxy) is 1. The van der Waals surface area contributed by atoms with Gasteiger partial charge in [-0.1, -0.05) is 23.2 Å². The van der Waals surface area contributed by atoms with Crippen LogP contribution in [0, 0.1) is 5.82 Å². The molecule has 3 aromatic rings. The van der Waals surface area contributed by atoms with E-state index < -0.39 is 11.9 Å². The molecule has 1 aliphatic heterocycles. The van der Waals surface area contributed by atoms with E-state index in [0.29, 0.717) is 16.3 Å². The van der Waals surface area contributed by atoms with Crippen LogP contribution in [0.1, 0.15) is 24.4 Å². The van der Waals surface area contributed by atoms with Gasteiger partial charge in [0.15, 0.2) is 11.6 Å². The smallest absolute Gasteiger partial charge is 0.166 e. The second-order valence-electron chi connectivity index (χ2n) is 6.78. The highest BCUT2D eigenvalue weighted by molar-refractivity contribution is 6.36. The van der Waals surface area contributed by atoms with Crippen molar-refractivity contribution in [2.24, 2.45) is 5.73 Å². The number of nitrogen functional groups attached to an aromatic ring is 1. The van der Waals surface area contributed by atoms with Crippen LogP contribution in [0.4, 0.5) is 10.2 Å². The molecule has 0 radical (unpaired) electrons. The maximum Gasteiger partial charge on any atom is 0.166 e. The number of nitrogens with two attached hydrogens (primary N) is 2. The van der Waals surface area contributed by atoms with Crippen LogP contribution in [-0.2, 0) is 13.0 Å². The minimum absolute atomic E-state index is 0.0791. The summed E-state index contributed by atoms with van der Waals surface area (Å²) in [6, 6.07) is 4.49. The van der Waals surface area contributed by atoms with Gasteiger partial charge in [-0.25, -0.2) is 14.4 Å². The molecule has 2 aromatic heterocycles. The van der Waals surface area contributed by atoms with E-state index in [1.54, 1.807) is 19.2 Å².